The zero-order valence-electron chi connectivity index (χ0n) is 13.2. The minimum Gasteiger partial charge on any atom is -0.379 e. The summed E-state index contributed by atoms with van der Waals surface area (Å²) in [5.41, 5.74) is 0.403. The number of ether oxygens (including phenoxy) is 1. The lowest BCUT2D eigenvalue weighted by molar-refractivity contribution is 0.0305. The Morgan fingerprint density at radius 2 is 2.14 bits per heavy atom. The summed E-state index contributed by atoms with van der Waals surface area (Å²) in [6.45, 7) is 10.7. The van der Waals surface area contributed by atoms with Gasteiger partial charge in [0, 0.05) is 31.7 Å². The molecule has 1 aliphatic heterocycles. The molecule has 1 fully saturated rings. The van der Waals surface area contributed by atoms with Crippen molar-refractivity contribution in [3.63, 3.8) is 0 Å². The molecule has 1 aromatic heterocycles. The lowest BCUT2D eigenvalue weighted by Crippen LogP contribution is -2.38. The van der Waals surface area contributed by atoms with Gasteiger partial charge in [-0.25, -0.2) is 0 Å². The summed E-state index contributed by atoms with van der Waals surface area (Å²) in [7, 11) is 0. The Kier molecular flexibility index (Phi) is 5.76. The lowest BCUT2D eigenvalue weighted by Gasteiger charge is -2.26. The van der Waals surface area contributed by atoms with Crippen LogP contribution in [0, 0.1) is 0 Å². The summed E-state index contributed by atoms with van der Waals surface area (Å²) in [5, 5.41) is 3.94. The molecule has 1 aromatic rings. The third-order valence-corrected chi connectivity index (χ3v) is 3.99. The first-order valence-corrected chi connectivity index (χ1v) is 7.72. The molecule has 0 radical (unpaired) electrons. The number of amides is 1. The molecule has 6 heteroatoms. The highest BCUT2D eigenvalue weighted by Gasteiger charge is 2.23. The average molecular weight is 295 g/mol. The van der Waals surface area contributed by atoms with E-state index in [1.807, 2.05) is 11.8 Å². The van der Waals surface area contributed by atoms with Crippen molar-refractivity contribution < 1.29 is 14.1 Å². The van der Waals surface area contributed by atoms with Gasteiger partial charge in [0.1, 0.15) is 0 Å². The molecule has 0 N–H and O–H groups in total. The molecule has 2 heterocycles. The molecule has 0 spiro atoms. The summed E-state index contributed by atoms with van der Waals surface area (Å²) in [5.74, 6) is 0.685. The number of nitrogens with zero attached hydrogens (tertiary/aromatic N) is 3. The van der Waals surface area contributed by atoms with Crippen molar-refractivity contribution in [2.45, 2.75) is 39.8 Å². The van der Waals surface area contributed by atoms with E-state index in [1.165, 1.54) is 0 Å². The number of morpholine rings is 1. The van der Waals surface area contributed by atoms with Crippen LogP contribution in [0.1, 0.15) is 43.4 Å². The molecule has 0 aliphatic carbocycles. The molecule has 2 rings (SSSR count). The van der Waals surface area contributed by atoms with Crippen LogP contribution < -0.4 is 0 Å². The molecule has 0 aromatic carbocycles. The summed E-state index contributed by atoms with van der Waals surface area (Å²) >= 11 is 0. The normalized spacial score (nSPS) is 17.7. The molecule has 1 atom stereocenters. The number of carbonyl (C=O) groups excluding carboxylic acids is 1. The topological polar surface area (TPSA) is 58.8 Å². The second-order valence-corrected chi connectivity index (χ2v) is 5.42. The number of carbonyl (C=O) groups is 1. The van der Waals surface area contributed by atoms with Crippen LogP contribution in [0.2, 0.25) is 0 Å². The smallest absolute Gasteiger partial charge is 0.276 e. The summed E-state index contributed by atoms with van der Waals surface area (Å²) in [6, 6.07) is 1.98. The van der Waals surface area contributed by atoms with Crippen LogP contribution in [0.4, 0.5) is 0 Å². The average Bonchev–Trinajstić information content (AvgIpc) is 2.97. The van der Waals surface area contributed by atoms with E-state index in [0.717, 1.165) is 38.5 Å². The predicted molar refractivity (Wildman–Crippen MR) is 79.1 cm³/mol. The van der Waals surface area contributed by atoms with Gasteiger partial charge in [0.2, 0.25) is 0 Å². The Bertz CT molecular complexity index is 455. The number of aromatic nitrogens is 1. The van der Waals surface area contributed by atoms with Crippen LogP contribution in [0.15, 0.2) is 10.6 Å². The second kappa shape index (κ2) is 7.56. The van der Waals surface area contributed by atoms with E-state index in [4.69, 9.17) is 9.26 Å². The van der Waals surface area contributed by atoms with Gasteiger partial charge in [-0.05, 0) is 20.3 Å². The molecule has 21 heavy (non-hydrogen) atoms. The van der Waals surface area contributed by atoms with Crippen LogP contribution >= 0.6 is 0 Å². The molecule has 1 aliphatic rings. The van der Waals surface area contributed by atoms with Gasteiger partial charge < -0.3 is 14.2 Å². The number of hydrogen-bond acceptors (Lipinski definition) is 5. The standard InChI is InChI=1S/C15H25N3O3/c1-4-12(3)18(5-2)15(19)14-10-13(21-16-14)11-17-6-8-20-9-7-17/h10,12H,4-9,11H2,1-3H3/t12-/m0/s1. The summed E-state index contributed by atoms with van der Waals surface area (Å²) in [6.07, 6.45) is 0.929. The number of rotatable bonds is 6. The van der Waals surface area contributed by atoms with Crippen molar-refractivity contribution in [2.24, 2.45) is 0 Å². The van der Waals surface area contributed by atoms with Crippen molar-refractivity contribution in [3.8, 4) is 0 Å². The molecule has 1 amide bonds. The SMILES string of the molecule is CC[C@H](C)N(CC)C(=O)c1cc(CN2CCOCC2)on1. The van der Waals surface area contributed by atoms with Crippen molar-refractivity contribution in [3.05, 3.63) is 17.5 Å². The second-order valence-electron chi connectivity index (χ2n) is 5.42. The quantitative estimate of drug-likeness (QED) is 0.800. The minimum absolute atomic E-state index is 0.0520. The van der Waals surface area contributed by atoms with E-state index in [0.29, 0.717) is 18.8 Å². The zero-order chi connectivity index (χ0) is 15.2. The predicted octanol–water partition coefficient (Wildman–Crippen LogP) is 1.77. The Hall–Kier alpha value is -1.40. The fraction of sp³-hybridized carbons (Fsp3) is 0.733. The van der Waals surface area contributed by atoms with Crippen molar-refractivity contribution >= 4 is 5.91 Å². The molecular weight excluding hydrogens is 270 g/mol. The van der Waals surface area contributed by atoms with Gasteiger partial charge in [-0.1, -0.05) is 12.1 Å². The van der Waals surface area contributed by atoms with Crippen molar-refractivity contribution in [2.75, 3.05) is 32.8 Å². The van der Waals surface area contributed by atoms with Crippen molar-refractivity contribution in [1.82, 2.24) is 15.0 Å². The Labute approximate surface area is 126 Å². The molecular formula is C15H25N3O3. The fourth-order valence-electron chi connectivity index (χ4n) is 2.49. The third-order valence-electron chi connectivity index (χ3n) is 3.99. The fourth-order valence-corrected chi connectivity index (χ4v) is 2.49. The maximum Gasteiger partial charge on any atom is 0.276 e. The van der Waals surface area contributed by atoms with Crippen molar-refractivity contribution in [1.29, 1.82) is 0 Å². The van der Waals surface area contributed by atoms with Gasteiger partial charge in [0.05, 0.1) is 19.8 Å². The first-order valence-electron chi connectivity index (χ1n) is 7.72. The monoisotopic (exact) mass is 295 g/mol. The van der Waals surface area contributed by atoms with Gasteiger partial charge in [0.25, 0.3) is 5.91 Å². The van der Waals surface area contributed by atoms with Crippen LogP contribution in [-0.2, 0) is 11.3 Å². The van der Waals surface area contributed by atoms with Crippen LogP contribution in [0.3, 0.4) is 0 Å². The molecule has 0 unspecified atom stereocenters. The highest BCUT2D eigenvalue weighted by Crippen LogP contribution is 2.13. The van der Waals surface area contributed by atoms with Gasteiger partial charge >= 0.3 is 0 Å². The van der Waals surface area contributed by atoms with Gasteiger partial charge in [0.15, 0.2) is 11.5 Å². The highest BCUT2D eigenvalue weighted by atomic mass is 16.5. The molecule has 118 valence electrons. The van der Waals surface area contributed by atoms with Gasteiger partial charge in [-0.2, -0.15) is 0 Å². The molecule has 0 saturated carbocycles. The molecule has 6 nitrogen and oxygen atoms in total. The largest absolute Gasteiger partial charge is 0.379 e. The zero-order valence-corrected chi connectivity index (χ0v) is 13.2. The van der Waals surface area contributed by atoms with E-state index in [-0.39, 0.29) is 11.9 Å². The maximum absolute atomic E-state index is 12.5. The van der Waals surface area contributed by atoms with Crippen LogP contribution in [-0.4, -0.2) is 59.8 Å². The van der Waals surface area contributed by atoms with Crippen LogP contribution in [0.25, 0.3) is 0 Å². The van der Waals surface area contributed by atoms with Crippen LogP contribution in [0.5, 0.6) is 0 Å². The van der Waals surface area contributed by atoms with Gasteiger partial charge in [-0.15, -0.1) is 0 Å². The Morgan fingerprint density at radius 3 is 2.76 bits per heavy atom. The van der Waals surface area contributed by atoms with E-state index in [1.54, 1.807) is 6.07 Å². The van der Waals surface area contributed by atoms with E-state index >= 15 is 0 Å². The van der Waals surface area contributed by atoms with E-state index < -0.39 is 0 Å². The summed E-state index contributed by atoms with van der Waals surface area (Å²) in [4.78, 5) is 16.5. The minimum atomic E-state index is -0.0520. The third kappa shape index (κ3) is 4.04. The Balaban J connectivity index is 1.99. The van der Waals surface area contributed by atoms with Gasteiger partial charge in [-0.3, -0.25) is 9.69 Å². The lowest BCUT2D eigenvalue weighted by atomic mass is 10.2. The number of hydrogen-bond donors (Lipinski definition) is 0. The Morgan fingerprint density at radius 1 is 1.43 bits per heavy atom. The van der Waals surface area contributed by atoms with E-state index in [9.17, 15) is 4.79 Å². The van der Waals surface area contributed by atoms with E-state index in [2.05, 4.69) is 23.9 Å². The summed E-state index contributed by atoms with van der Waals surface area (Å²) < 4.78 is 10.6. The maximum atomic E-state index is 12.5. The molecule has 1 saturated heterocycles. The first-order chi connectivity index (χ1) is 10.2. The molecule has 0 bridgehead atoms. The first kappa shape index (κ1) is 16.0. The highest BCUT2D eigenvalue weighted by molar-refractivity contribution is 5.92.